The Labute approximate surface area is 111 Å². The third-order valence-electron chi connectivity index (χ3n) is 4.84. The Morgan fingerprint density at radius 2 is 2.11 bits per heavy atom. The molecule has 0 amide bonds. The molecular formula is C17H25N. The smallest absolute Gasteiger partial charge is 0.00413 e. The highest BCUT2D eigenvalue weighted by Crippen LogP contribution is 2.38. The molecule has 1 aliphatic heterocycles. The maximum absolute atomic E-state index is 3.57. The predicted octanol–water partition coefficient (Wildman–Crippen LogP) is 3.88. The summed E-state index contributed by atoms with van der Waals surface area (Å²) >= 11 is 0. The molecule has 1 fully saturated rings. The second kappa shape index (κ2) is 5.44. The number of piperidine rings is 1. The van der Waals surface area contributed by atoms with Crippen LogP contribution in [0.15, 0.2) is 24.3 Å². The molecule has 3 atom stereocenters. The fourth-order valence-electron chi connectivity index (χ4n) is 3.95. The Hall–Kier alpha value is -0.820. The first-order chi connectivity index (χ1) is 8.83. The molecule has 0 radical (unpaired) electrons. The van der Waals surface area contributed by atoms with E-state index in [1.165, 1.54) is 45.1 Å². The number of benzene rings is 1. The van der Waals surface area contributed by atoms with Crippen molar-refractivity contribution in [2.24, 2.45) is 5.92 Å². The van der Waals surface area contributed by atoms with Crippen molar-refractivity contribution >= 4 is 0 Å². The lowest BCUT2D eigenvalue weighted by Gasteiger charge is -2.33. The molecule has 1 saturated heterocycles. The van der Waals surface area contributed by atoms with Crippen LogP contribution in [0.5, 0.6) is 0 Å². The molecule has 1 aromatic carbocycles. The monoisotopic (exact) mass is 243 g/mol. The van der Waals surface area contributed by atoms with Crippen molar-refractivity contribution in [2.75, 3.05) is 6.54 Å². The molecule has 98 valence electrons. The normalized spacial score (nSPS) is 31.9. The van der Waals surface area contributed by atoms with Crippen LogP contribution < -0.4 is 5.32 Å². The molecule has 0 aromatic heterocycles. The van der Waals surface area contributed by atoms with Crippen LogP contribution in [0.4, 0.5) is 0 Å². The van der Waals surface area contributed by atoms with Crippen LogP contribution in [-0.2, 0) is 6.42 Å². The van der Waals surface area contributed by atoms with Gasteiger partial charge in [-0.05, 0) is 75.0 Å². The zero-order valence-electron chi connectivity index (χ0n) is 11.5. The minimum absolute atomic E-state index is 0.725. The minimum atomic E-state index is 0.725. The lowest BCUT2D eigenvalue weighted by Crippen LogP contribution is -2.36. The van der Waals surface area contributed by atoms with Gasteiger partial charge in [-0.15, -0.1) is 0 Å². The number of fused-ring (bicyclic) bond motifs is 1. The molecule has 1 N–H and O–H groups in total. The van der Waals surface area contributed by atoms with E-state index in [2.05, 4.69) is 36.5 Å². The maximum Gasteiger partial charge on any atom is 0.00413 e. The Morgan fingerprint density at radius 3 is 3.00 bits per heavy atom. The van der Waals surface area contributed by atoms with Crippen molar-refractivity contribution in [3.63, 3.8) is 0 Å². The summed E-state index contributed by atoms with van der Waals surface area (Å²) in [4.78, 5) is 0. The predicted molar refractivity (Wildman–Crippen MR) is 76.9 cm³/mol. The molecule has 1 aromatic rings. The van der Waals surface area contributed by atoms with Crippen LogP contribution in [0.25, 0.3) is 0 Å². The van der Waals surface area contributed by atoms with Gasteiger partial charge in [0, 0.05) is 6.04 Å². The second-order valence-electron chi connectivity index (χ2n) is 6.27. The number of nitrogens with one attached hydrogen (secondary N) is 1. The molecule has 18 heavy (non-hydrogen) atoms. The number of aryl methyl sites for hydroxylation is 1. The average molecular weight is 243 g/mol. The van der Waals surface area contributed by atoms with E-state index in [-0.39, 0.29) is 0 Å². The molecular weight excluding hydrogens is 218 g/mol. The molecule has 1 aliphatic carbocycles. The third kappa shape index (κ3) is 2.61. The summed E-state index contributed by atoms with van der Waals surface area (Å²) in [7, 11) is 0. The first kappa shape index (κ1) is 12.2. The van der Waals surface area contributed by atoms with Crippen LogP contribution in [0.2, 0.25) is 0 Å². The summed E-state index contributed by atoms with van der Waals surface area (Å²) in [5.41, 5.74) is 3.28. The molecule has 0 spiro atoms. The molecule has 3 rings (SSSR count). The maximum atomic E-state index is 3.57. The van der Waals surface area contributed by atoms with Crippen LogP contribution in [-0.4, -0.2) is 12.6 Å². The molecule has 1 heterocycles. The highest BCUT2D eigenvalue weighted by atomic mass is 14.9. The first-order valence-corrected chi connectivity index (χ1v) is 7.64. The van der Waals surface area contributed by atoms with Crippen molar-refractivity contribution in [3.05, 3.63) is 35.4 Å². The number of rotatable bonds is 2. The molecule has 2 aliphatic rings. The van der Waals surface area contributed by atoms with Gasteiger partial charge in [0.1, 0.15) is 0 Å². The summed E-state index contributed by atoms with van der Waals surface area (Å²) in [5.74, 6) is 1.78. The average Bonchev–Trinajstić information content (AvgIpc) is 2.39. The summed E-state index contributed by atoms with van der Waals surface area (Å²) < 4.78 is 0. The minimum Gasteiger partial charge on any atom is -0.314 e. The van der Waals surface area contributed by atoms with Crippen LogP contribution >= 0.6 is 0 Å². The number of hydrogen-bond acceptors (Lipinski definition) is 1. The quantitative estimate of drug-likeness (QED) is 0.831. The SMILES string of the molecule is CC1CC(CC2CCCc3ccccc32)CCN1. The van der Waals surface area contributed by atoms with Gasteiger partial charge in [0.05, 0.1) is 0 Å². The van der Waals surface area contributed by atoms with E-state index in [0.717, 1.165) is 17.9 Å². The first-order valence-electron chi connectivity index (χ1n) is 7.64. The third-order valence-corrected chi connectivity index (χ3v) is 4.84. The zero-order valence-corrected chi connectivity index (χ0v) is 11.5. The Balaban J connectivity index is 1.70. The van der Waals surface area contributed by atoms with Gasteiger partial charge in [-0.3, -0.25) is 0 Å². The van der Waals surface area contributed by atoms with E-state index in [0.29, 0.717) is 0 Å². The van der Waals surface area contributed by atoms with Crippen LogP contribution in [0.1, 0.15) is 56.1 Å². The Bertz CT molecular complexity index is 398. The van der Waals surface area contributed by atoms with Gasteiger partial charge in [0.2, 0.25) is 0 Å². The van der Waals surface area contributed by atoms with Gasteiger partial charge < -0.3 is 5.32 Å². The summed E-state index contributed by atoms with van der Waals surface area (Å²) in [5, 5.41) is 3.57. The summed E-state index contributed by atoms with van der Waals surface area (Å²) in [6.07, 6.45) is 8.28. The highest BCUT2D eigenvalue weighted by Gasteiger charge is 2.25. The summed E-state index contributed by atoms with van der Waals surface area (Å²) in [6.45, 7) is 3.56. The molecule has 0 saturated carbocycles. The van der Waals surface area contributed by atoms with Gasteiger partial charge in [-0.25, -0.2) is 0 Å². The van der Waals surface area contributed by atoms with Crippen molar-refractivity contribution in [2.45, 2.75) is 57.4 Å². The van der Waals surface area contributed by atoms with Gasteiger partial charge >= 0.3 is 0 Å². The molecule has 1 nitrogen and oxygen atoms in total. The standard InChI is InChI=1S/C17H25N/c1-13-11-14(9-10-18-13)12-16-7-4-6-15-5-2-3-8-17(15)16/h2-3,5,8,13-14,16,18H,4,6-7,9-12H2,1H3. The lowest BCUT2D eigenvalue weighted by atomic mass is 9.76. The van der Waals surface area contributed by atoms with Crippen molar-refractivity contribution in [1.29, 1.82) is 0 Å². The van der Waals surface area contributed by atoms with E-state index < -0.39 is 0 Å². The largest absolute Gasteiger partial charge is 0.314 e. The van der Waals surface area contributed by atoms with Gasteiger partial charge in [0.15, 0.2) is 0 Å². The van der Waals surface area contributed by atoms with Gasteiger partial charge in [0.25, 0.3) is 0 Å². The summed E-state index contributed by atoms with van der Waals surface area (Å²) in [6, 6.07) is 9.87. The fourth-order valence-corrected chi connectivity index (χ4v) is 3.95. The molecule has 1 heteroatoms. The van der Waals surface area contributed by atoms with Crippen molar-refractivity contribution < 1.29 is 0 Å². The lowest BCUT2D eigenvalue weighted by molar-refractivity contribution is 0.277. The second-order valence-corrected chi connectivity index (χ2v) is 6.27. The Morgan fingerprint density at radius 1 is 1.22 bits per heavy atom. The number of hydrogen-bond donors (Lipinski definition) is 1. The van der Waals surface area contributed by atoms with E-state index in [9.17, 15) is 0 Å². The fraction of sp³-hybridized carbons (Fsp3) is 0.647. The molecule has 3 unspecified atom stereocenters. The van der Waals surface area contributed by atoms with Crippen molar-refractivity contribution in [1.82, 2.24) is 5.32 Å². The van der Waals surface area contributed by atoms with E-state index >= 15 is 0 Å². The molecule has 0 bridgehead atoms. The zero-order chi connectivity index (χ0) is 12.4. The van der Waals surface area contributed by atoms with E-state index in [4.69, 9.17) is 0 Å². The Kier molecular flexibility index (Phi) is 3.69. The van der Waals surface area contributed by atoms with Gasteiger partial charge in [-0.1, -0.05) is 24.3 Å². The van der Waals surface area contributed by atoms with Crippen LogP contribution in [0, 0.1) is 5.92 Å². The van der Waals surface area contributed by atoms with Gasteiger partial charge in [-0.2, -0.15) is 0 Å². The van der Waals surface area contributed by atoms with Crippen molar-refractivity contribution in [3.8, 4) is 0 Å². The van der Waals surface area contributed by atoms with Crippen LogP contribution in [0.3, 0.4) is 0 Å². The van der Waals surface area contributed by atoms with E-state index in [1.807, 2.05) is 0 Å². The highest BCUT2D eigenvalue weighted by molar-refractivity contribution is 5.32. The topological polar surface area (TPSA) is 12.0 Å². The van der Waals surface area contributed by atoms with E-state index in [1.54, 1.807) is 11.1 Å².